The number of anilines is 1. The predicted octanol–water partition coefficient (Wildman–Crippen LogP) is 4.98. The van der Waals surface area contributed by atoms with Crippen LogP contribution in [0.3, 0.4) is 0 Å². The lowest BCUT2D eigenvalue weighted by Crippen LogP contribution is -2.13. The zero-order valence-electron chi connectivity index (χ0n) is 13.0. The summed E-state index contributed by atoms with van der Waals surface area (Å²) in [4.78, 5) is 12.3. The van der Waals surface area contributed by atoms with E-state index in [0.29, 0.717) is 5.76 Å². The van der Waals surface area contributed by atoms with Crippen LogP contribution < -0.4 is 5.32 Å². The number of nitrogens with one attached hydrogen (secondary N) is 1. The maximum absolute atomic E-state index is 12.3. The van der Waals surface area contributed by atoms with Gasteiger partial charge in [0.05, 0.1) is 0 Å². The molecule has 0 bridgehead atoms. The third-order valence-electron chi connectivity index (χ3n) is 3.66. The van der Waals surface area contributed by atoms with E-state index in [2.05, 4.69) is 26.1 Å². The Morgan fingerprint density at radius 2 is 1.68 bits per heavy atom. The van der Waals surface area contributed by atoms with Gasteiger partial charge in [0, 0.05) is 11.1 Å². The van der Waals surface area contributed by atoms with Gasteiger partial charge < -0.3 is 9.73 Å². The Hall–Kier alpha value is -2.55. The van der Waals surface area contributed by atoms with Crippen LogP contribution in [-0.4, -0.2) is 5.91 Å². The van der Waals surface area contributed by atoms with Gasteiger partial charge in [0.1, 0.15) is 5.58 Å². The number of carbonyl (C=O) groups is 1. The minimum Gasteiger partial charge on any atom is -0.451 e. The van der Waals surface area contributed by atoms with Crippen LogP contribution in [0.15, 0.2) is 59.0 Å². The molecule has 0 saturated carbocycles. The first kappa shape index (κ1) is 14.4. The van der Waals surface area contributed by atoms with E-state index < -0.39 is 0 Å². The quantitative estimate of drug-likeness (QED) is 0.723. The molecule has 1 heterocycles. The Kier molecular flexibility index (Phi) is 3.49. The Labute approximate surface area is 130 Å². The largest absolute Gasteiger partial charge is 0.451 e. The minimum atomic E-state index is -0.236. The van der Waals surface area contributed by atoms with Crippen LogP contribution >= 0.6 is 0 Å². The second-order valence-electron chi connectivity index (χ2n) is 6.43. The van der Waals surface area contributed by atoms with Gasteiger partial charge >= 0.3 is 0 Å². The molecule has 112 valence electrons. The van der Waals surface area contributed by atoms with Crippen molar-refractivity contribution in [2.24, 2.45) is 0 Å². The van der Waals surface area contributed by atoms with E-state index >= 15 is 0 Å². The van der Waals surface area contributed by atoms with E-state index in [9.17, 15) is 4.79 Å². The second kappa shape index (κ2) is 5.34. The molecular formula is C19H19NO2. The number of hydrogen-bond acceptors (Lipinski definition) is 2. The Balaban J connectivity index is 1.79. The third kappa shape index (κ3) is 2.89. The smallest absolute Gasteiger partial charge is 0.291 e. The van der Waals surface area contributed by atoms with Crippen molar-refractivity contribution in [2.45, 2.75) is 26.2 Å². The lowest BCUT2D eigenvalue weighted by molar-refractivity contribution is 0.0998. The number of carbonyl (C=O) groups excluding carboxylic acids is 1. The molecule has 0 aliphatic carbocycles. The molecule has 1 amide bonds. The Morgan fingerprint density at radius 3 is 2.32 bits per heavy atom. The summed E-state index contributed by atoms with van der Waals surface area (Å²) in [5, 5.41) is 3.79. The van der Waals surface area contributed by atoms with E-state index in [1.807, 2.05) is 48.5 Å². The average molecular weight is 293 g/mol. The SMILES string of the molecule is CC(C)(C)c1ccc(NC(=O)c2cc3ccccc3o2)cc1. The topological polar surface area (TPSA) is 42.2 Å². The molecular weight excluding hydrogens is 274 g/mol. The lowest BCUT2D eigenvalue weighted by Gasteiger charge is -2.19. The van der Waals surface area contributed by atoms with Gasteiger partial charge in [0.15, 0.2) is 5.76 Å². The summed E-state index contributed by atoms with van der Waals surface area (Å²) < 4.78 is 5.57. The maximum atomic E-state index is 12.3. The molecule has 22 heavy (non-hydrogen) atoms. The highest BCUT2D eigenvalue weighted by atomic mass is 16.3. The van der Waals surface area contributed by atoms with Gasteiger partial charge in [-0.15, -0.1) is 0 Å². The van der Waals surface area contributed by atoms with Crippen molar-refractivity contribution in [1.29, 1.82) is 0 Å². The first-order valence-corrected chi connectivity index (χ1v) is 7.34. The number of rotatable bonds is 2. The molecule has 3 nitrogen and oxygen atoms in total. The van der Waals surface area contributed by atoms with Crippen LogP contribution in [0.2, 0.25) is 0 Å². The highest BCUT2D eigenvalue weighted by Crippen LogP contribution is 2.24. The van der Waals surface area contributed by atoms with Crippen molar-refractivity contribution >= 4 is 22.6 Å². The summed E-state index contributed by atoms with van der Waals surface area (Å²) in [5.41, 5.74) is 2.81. The summed E-state index contributed by atoms with van der Waals surface area (Å²) >= 11 is 0. The fourth-order valence-corrected chi connectivity index (χ4v) is 2.34. The first-order chi connectivity index (χ1) is 10.4. The van der Waals surface area contributed by atoms with Crippen molar-refractivity contribution in [3.63, 3.8) is 0 Å². The van der Waals surface area contributed by atoms with Gasteiger partial charge in [-0.1, -0.05) is 51.1 Å². The van der Waals surface area contributed by atoms with Gasteiger partial charge in [0.25, 0.3) is 5.91 Å². The van der Waals surface area contributed by atoms with E-state index in [0.717, 1.165) is 16.7 Å². The van der Waals surface area contributed by atoms with Crippen LogP contribution in [0.4, 0.5) is 5.69 Å². The highest BCUT2D eigenvalue weighted by Gasteiger charge is 2.15. The summed E-state index contributed by atoms with van der Waals surface area (Å²) in [6.45, 7) is 6.49. The Bertz CT molecular complexity index is 774. The average Bonchev–Trinajstić information content (AvgIpc) is 2.91. The van der Waals surface area contributed by atoms with Gasteiger partial charge in [-0.05, 0) is 35.2 Å². The standard InChI is InChI=1S/C19H19NO2/c1-19(2,3)14-8-10-15(11-9-14)20-18(21)17-12-13-6-4-5-7-16(13)22-17/h4-12H,1-3H3,(H,20,21). The molecule has 0 spiro atoms. The van der Waals surface area contributed by atoms with E-state index in [-0.39, 0.29) is 11.3 Å². The highest BCUT2D eigenvalue weighted by molar-refractivity contribution is 6.04. The molecule has 0 unspecified atom stereocenters. The van der Waals surface area contributed by atoms with Crippen LogP contribution in [0.25, 0.3) is 11.0 Å². The van der Waals surface area contributed by atoms with E-state index in [4.69, 9.17) is 4.42 Å². The first-order valence-electron chi connectivity index (χ1n) is 7.34. The third-order valence-corrected chi connectivity index (χ3v) is 3.66. The second-order valence-corrected chi connectivity index (χ2v) is 6.43. The van der Waals surface area contributed by atoms with Gasteiger partial charge in [-0.2, -0.15) is 0 Å². The Morgan fingerprint density at radius 1 is 1.00 bits per heavy atom. The molecule has 1 aromatic heterocycles. The lowest BCUT2D eigenvalue weighted by atomic mass is 9.87. The van der Waals surface area contributed by atoms with Crippen molar-refractivity contribution < 1.29 is 9.21 Å². The summed E-state index contributed by atoms with van der Waals surface area (Å²) in [5.74, 6) is 0.0841. The van der Waals surface area contributed by atoms with Crippen LogP contribution in [0, 0.1) is 0 Å². The molecule has 1 N–H and O–H groups in total. The van der Waals surface area contributed by atoms with E-state index in [1.165, 1.54) is 5.56 Å². The molecule has 3 rings (SSSR count). The van der Waals surface area contributed by atoms with Gasteiger partial charge in [-0.3, -0.25) is 4.79 Å². The molecule has 0 radical (unpaired) electrons. The monoisotopic (exact) mass is 293 g/mol. The molecule has 0 aliphatic rings. The number of furan rings is 1. The normalized spacial score (nSPS) is 11.6. The molecule has 0 saturated heterocycles. The molecule has 0 atom stereocenters. The van der Waals surface area contributed by atoms with Crippen molar-refractivity contribution in [3.8, 4) is 0 Å². The summed E-state index contributed by atoms with van der Waals surface area (Å²) in [7, 11) is 0. The number of benzene rings is 2. The molecule has 3 aromatic rings. The van der Waals surface area contributed by atoms with Crippen LogP contribution in [-0.2, 0) is 5.41 Å². The number of fused-ring (bicyclic) bond motifs is 1. The zero-order chi connectivity index (χ0) is 15.7. The fourth-order valence-electron chi connectivity index (χ4n) is 2.34. The van der Waals surface area contributed by atoms with Gasteiger partial charge in [-0.25, -0.2) is 0 Å². The maximum Gasteiger partial charge on any atom is 0.291 e. The minimum absolute atomic E-state index is 0.0985. The molecule has 0 aliphatic heterocycles. The number of para-hydroxylation sites is 1. The van der Waals surface area contributed by atoms with Crippen molar-refractivity contribution in [1.82, 2.24) is 0 Å². The van der Waals surface area contributed by atoms with Crippen LogP contribution in [0.1, 0.15) is 36.9 Å². The summed E-state index contributed by atoms with van der Waals surface area (Å²) in [6.07, 6.45) is 0. The zero-order valence-corrected chi connectivity index (χ0v) is 13.0. The number of amides is 1. The summed E-state index contributed by atoms with van der Waals surface area (Å²) in [6, 6.07) is 17.3. The van der Waals surface area contributed by atoms with Crippen LogP contribution in [0.5, 0.6) is 0 Å². The number of hydrogen-bond donors (Lipinski definition) is 1. The molecule has 2 aromatic carbocycles. The fraction of sp³-hybridized carbons (Fsp3) is 0.211. The molecule has 3 heteroatoms. The van der Waals surface area contributed by atoms with Gasteiger partial charge in [0.2, 0.25) is 0 Å². The predicted molar refractivity (Wildman–Crippen MR) is 89.3 cm³/mol. The van der Waals surface area contributed by atoms with Crippen molar-refractivity contribution in [3.05, 3.63) is 65.9 Å². The molecule has 0 fully saturated rings. The van der Waals surface area contributed by atoms with E-state index in [1.54, 1.807) is 6.07 Å². The van der Waals surface area contributed by atoms with Crippen molar-refractivity contribution in [2.75, 3.05) is 5.32 Å².